The molecule has 4 aromatic rings. The summed E-state index contributed by atoms with van der Waals surface area (Å²) in [4.78, 5) is 32.8. The number of benzene rings is 1. The van der Waals surface area contributed by atoms with Crippen molar-refractivity contribution in [3.8, 4) is 11.1 Å². The van der Waals surface area contributed by atoms with E-state index < -0.39 is 5.97 Å². The summed E-state index contributed by atoms with van der Waals surface area (Å²) < 4.78 is 2.02. The van der Waals surface area contributed by atoms with E-state index in [1.165, 1.54) is 19.1 Å². The number of nitrogens with two attached hydrogens (primary N) is 1. The van der Waals surface area contributed by atoms with E-state index in [4.69, 9.17) is 17.3 Å². The molecule has 172 valence electrons. The van der Waals surface area contributed by atoms with Crippen LogP contribution in [-0.4, -0.2) is 31.4 Å². The van der Waals surface area contributed by atoms with Crippen LogP contribution < -0.4 is 5.73 Å². The maximum absolute atomic E-state index is 12.3. The molecule has 0 saturated carbocycles. The fourth-order valence-electron chi connectivity index (χ4n) is 4.12. The number of nitrogens with zero attached hydrogens (tertiary/aromatic N) is 3. The molecule has 1 atom stereocenters. The molecule has 0 unspecified atom stereocenters. The van der Waals surface area contributed by atoms with E-state index in [0.29, 0.717) is 32.9 Å². The zero-order chi connectivity index (χ0) is 24.6. The van der Waals surface area contributed by atoms with Gasteiger partial charge in [-0.15, -0.1) is 0 Å². The Bertz CT molecular complexity index is 1450. The molecule has 0 aliphatic heterocycles. The van der Waals surface area contributed by atoms with Gasteiger partial charge in [0.15, 0.2) is 5.78 Å². The predicted molar refractivity (Wildman–Crippen MR) is 133 cm³/mol. The fraction of sp³-hybridized carbons (Fsp3) is 0.154. The van der Waals surface area contributed by atoms with E-state index in [9.17, 15) is 14.7 Å². The lowest BCUT2D eigenvalue weighted by molar-refractivity contribution is -0.111. The molecule has 0 aliphatic rings. The third-order valence-electron chi connectivity index (χ3n) is 5.74. The number of allylic oxidation sites excluding steroid dienone is 2. The molecule has 34 heavy (non-hydrogen) atoms. The summed E-state index contributed by atoms with van der Waals surface area (Å²) >= 11 is 6.50. The Labute approximate surface area is 201 Å². The first-order chi connectivity index (χ1) is 16.2. The number of aromatic carboxylic acids is 1. The SMILES string of the molecule is CC(=O)/C(=C(/C)N)c1cnc2c(-c3ccc(C(=O)O)cc3Cl)cn([C@@H](C)c3ccccn3)c2c1. The number of carbonyl (C=O) groups is 2. The number of aromatic nitrogens is 3. The number of fused-ring (bicyclic) bond motifs is 1. The van der Waals surface area contributed by atoms with E-state index in [0.717, 1.165) is 16.8 Å². The number of hydrogen-bond acceptors (Lipinski definition) is 5. The highest BCUT2D eigenvalue weighted by Gasteiger charge is 2.21. The molecule has 3 N–H and O–H groups in total. The van der Waals surface area contributed by atoms with Crippen molar-refractivity contribution in [2.45, 2.75) is 26.8 Å². The van der Waals surface area contributed by atoms with Gasteiger partial charge in [-0.3, -0.25) is 14.8 Å². The Kier molecular flexibility index (Phi) is 6.22. The van der Waals surface area contributed by atoms with Crippen molar-refractivity contribution in [3.63, 3.8) is 0 Å². The first kappa shape index (κ1) is 23.2. The van der Waals surface area contributed by atoms with Gasteiger partial charge in [-0.05, 0) is 51.1 Å². The lowest BCUT2D eigenvalue weighted by Gasteiger charge is -2.15. The number of Topliss-reactive ketones (excluding diaryl/α,β-unsaturated/α-hetero) is 1. The first-order valence-electron chi connectivity index (χ1n) is 10.6. The van der Waals surface area contributed by atoms with Crippen molar-refractivity contribution in [1.29, 1.82) is 0 Å². The average molecular weight is 475 g/mol. The maximum atomic E-state index is 12.3. The van der Waals surface area contributed by atoms with Crippen LogP contribution in [0.4, 0.5) is 0 Å². The Hall–Kier alpha value is -3.97. The smallest absolute Gasteiger partial charge is 0.335 e. The van der Waals surface area contributed by atoms with Crippen LogP contribution in [-0.2, 0) is 4.79 Å². The minimum atomic E-state index is -1.05. The van der Waals surface area contributed by atoms with Crippen LogP contribution in [0.25, 0.3) is 27.7 Å². The number of carboxylic acid groups (broad SMARTS) is 1. The minimum Gasteiger partial charge on any atom is -0.478 e. The summed E-state index contributed by atoms with van der Waals surface area (Å²) in [6.45, 7) is 5.18. The molecule has 0 bridgehead atoms. The number of rotatable bonds is 6. The Morgan fingerprint density at radius 2 is 1.82 bits per heavy atom. The van der Waals surface area contributed by atoms with Gasteiger partial charge in [0.2, 0.25) is 0 Å². The van der Waals surface area contributed by atoms with E-state index in [-0.39, 0.29) is 17.4 Å². The molecule has 0 radical (unpaired) electrons. The molecule has 0 amide bonds. The predicted octanol–water partition coefficient (Wildman–Crippen LogP) is 5.34. The summed E-state index contributed by atoms with van der Waals surface area (Å²) in [5.74, 6) is -1.20. The lowest BCUT2D eigenvalue weighted by atomic mass is 10.0. The van der Waals surface area contributed by atoms with Gasteiger partial charge in [-0.25, -0.2) is 4.79 Å². The Morgan fingerprint density at radius 3 is 2.41 bits per heavy atom. The summed E-state index contributed by atoms with van der Waals surface area (Å²) in [7, 11) is 0. The maximum Gasteiger partial charge on any atom is 0.335 e. The van der Waals surface area contributed by atoms with Gasteiger partial charge in [0.25, 0.3) is 0 Å². The number of hydrogen-bond donors (Lipinski definition) is 2. The second-order valence-electron chi connectivity index (χ2n) is 8.09. The van der Waals surface area contributed by atoms with Crippen LogP contribution in [0.1, 0.15) is 48.4 Å². The highest BCUT2D eigenvalue weighted by molar-refractivity contribution is 6.34. The molecule has 0 fully saturated rings. The normalized spacial score (nSPS) is 12.9. The minimum absolute atomic E-state index is 0.101. The number of ketones is 1. The van der Waals surface area contributed by atoms with Crippen LogP contribution in [0, 0.1) is 0 Å². The van der Waals surface area contributed by atoms with Gasteiger partial charge in [-0.1, -0.05) is 23.7 Å². The van der Waals surface area contributed by atoms with Crippen molar-refractivity contribution in [2.75, 3.05) is 0 Å². The topological polar surface area (TPSA) is 111 Å². The summed E-state index contributed by atoms with van der Waals surface area (Å²) in [6.07, 6.45) is 5.28. The zero-order valence-corrected chi connectivity index (χ0v) is 19.7. The summed E-state index contributed by atoms with van der Waals surface area (Å²) in [5, 5.41) is 9.60. The molecule has 0 aliphatic carbocycles. The largest absolute Gasteiger partial charge is 0.478 e. The van der Waals surface area contributed by atoms with Crippen LogP contribution in [0.5, 0.6) is 0 Å². The van der Waals surface area contributed by atoms with Crippen LogP contribution in [0.2, 0.25) is 5.02 Å². The van der Waals surface area contributed by atoms with Crippen molar-refractivity contribution in [1.82, 2.24) is 14.5 Å². The lowest BCUT2D eigenvalue weighted by Crippen LogP contribution is -2.08. The number of carbonyl (C=O) groups excluding carboxylic acids is 1. The van der Waals surface area contributed by atoms with Crippen LogP contribution in [0.3, 0.4) is 0 Å². The standard InChI is InChI=1S/C26H23ClN4O3/c1-14(28)24(16(3)32)18-11-23-25(30-12-18)20(19-8-7-17(26(33)34)10-21(19)27)13-31(23)15(2)22-6-4-5-9-29-22/h4-13,15H,28H2,1-3H3,(H,33,34)/b24-14+/t15-/m0/s1. The van der Waals surface area contributed by atoms with Crippen molar-refractivity contribution in [2.24, 2.45) is 5.73 Å². The third-order valence-corrected chi connectivity index (χ3v) is 6.06. The number of halogens is 1. The average Bonchev–Trinajstić information content (AvgIpc) is 3.17. The van der Waals surface area contributed by atoms with Crippen LogP contribution in [0.15, 0.2) is 66.8 Å². The molecule has 8 heteroatoms. The van der Waals surface area contributed by atoms with E-state index >= 15 is 0 Å². The van der Waals surface area contributed by atoms with E-state index in [2.05, 4.69) is 9.97 Å². The second-order valence-corrected chi connectivity index (χ2v) is 8.49. The van der Waals surface area contributed by atoms with Gasteiger partial charge < -0.3 is 15.4 Å². The van der Waals surface area contributed by atoms with Crippen molar-refractivity contribution >= 4 is 40.0 Å². The van der Waals surface area contributed by atoms with Crippen molar-refractivity contribution in [3.05, 3.63) is 88.6 Å². The van der Waals surface area contributed by atoms with Gasteiger partial charge in [0, 0.05) is 51.6 Å². The van der Waals surface area contributed by atoms with Gasteiger partial charge in [0.05, 0.1) is 28.3 Å². The second kappa shape index (κ2) is 9.11. The number of carboxylic acids is 1. The van der Waals surface area contributed by atoms with E-state index in [1.54, 1.807) is 25.4 Å². The summed E-state index contributed by atoms with van der Waals surface area (Å²) in [5.41, 5.74) is 11.2. The van der Waals surface area contributed by atoms with Crippen molar-refractivity contribution < 1.29 is 14.7 Å². The molecule has 1 aromatic carbocycles. The highest BCUT2D eigenvalue weighted by Crippen LogP contribution is 2.37. The van der Waals surface area contributed by atoms with Gasteiger partial charge in [0.1, 0.15) is 0 Å². The fourth-order valence-corrected chi connectivity index (χ4v) is 4.40. The monoisotopic (exact) mass is 474 g/mol. The Balaban J connectivity index is 1.99. The molecule has 3 aromatic heterocycles. The quantitative estimate of drug-likeness (QED) is 0.365. The highest BCUT2D eigenvalue weighted by atomic mass is 35.5. The first-order valence-corrected chi connectivity index (χ1v) is 11.0. The molecule has 0 saturated heterocycles. The molecule has 0 spiro atoms. The molecular weight excluding hydrogens is 452 g/mol. The van der Waals surface area contributed by atoms with Crippen LogP contribution >= 0.6 is 11.6 Å². The summed E-state index contributed by atoms with van der Waals surface area (Å²) in [6, 6.07) is 12.1. The third kappa shape index (κ3) is 4.18. The molecule has 4 rings (SSSR count). The molecule has 3 heterocycles. The van der Waals surface area contributed by atoms with Gasteiger partial charge >= 0.3 is 5.97 Å². The number of pyridine rings is 2. The van der Waals surface area contributed by atoms with E-state index in [1.807, 2.05) is 42.0 Å². The zero-order valence-electron chi connectivity index (χ0n) is 18.9. The molecular formula is C26H23ClN4O3. The molecule has 7 nitrogen and oxygen atoms in total. The Morgan fingerprint density at radius 1 is 1.06 bits per heavy atom. The van der Waals surface area contributed by atoms with Gasteiger partial charge in [-0.2, -0.15) is 0 Å².